The molecule has 2 heterocycles. The first-order valence-corrected chi connectivity index (χ1v) is 7.03. The highest BCUT2D eigenvalue weighted by Gasteiger charge is 2.13. The quantitative estimate of drug-likeness (QED) is 0.401. The number of halogens is 1. The molecule has 0 bridgehead atoms. The second-order valence-corrected chi connectivity index (χ2v) is 4.92. The van der Waals surface area contributed by atoms with Crippen LogP contribution in [0.25, 0.3) is 0 Å². The lowest BCUT2D eigenvalue weighted by Crippen LogP contribution is -2.44. The molecule has 1 aliphatic rings. The number of hydrogen-bond acceptors (Lipinski definition) is 6. The monoisotopic (exact) mass is 332 g/mol. The minimum atomic E-state index is -0.581. The Labute approximate surface area is 134 Å². The molecule has 0 spiro atoms. The van der Waals surface area contributed by atoms with Gasteiger partial charge in [-0.05, 0) is 17.9 Å². The molecule has 0 aromatic carbocycles. The highest BCUT2D eigenvalue weighted by atomic mass is 35.5. The van der Waals surface area contributed by atoms with Crippen LogP contribution in [0, 0.1) is 10.1 Å². The number of nitrogens with one attached hydrogen (secondary N) is 2. The van der Waals surface area contributed by atoms with E-state index in [2.05, 4.69) is 20.6 Å². The predicted octanol–water partition coefficient (Wildman–Crippen LogP) is -0.375. The Morgan fingerprint density at radius 3 is 2.82 bits per heavy atom. The zero-order valence-corrected chi connectivity index (χ0v) is 13.0. The number of hydrogen-bond donors (Lipinski definition) is 2. The van der Waals surface area contributed by atoms with Gasteiger partial charge in [-0.2, -0.15) is 4.68 Å². The third-order valence-electron chi connectivity index (χ3n) is 3.30. The first-order chi connectivity index (χ1) is 10.1. The molecule has 1 amide bonds. The van der Waals surface area contributed by atoms with E-state index in [4.69, 9.17) is 0 Å². The van der Waals surface area contributed by atoms with E-state index < -0.39 is 4.92 Å². The molecule has 1 saturated heterocycles. The van der Waals surface area contributed by atoms with Gasteiger partial charge in [0, 0.05) is 32.7 Å². The highest BCUT2D eigenvalue weighted by molar-refractivity contribution is 5.85. The molecule has 0 radical (unpaired) electrons. The van der Waals surface area contributed by atoms with Crippen LogP contribution in [0.5, 0.6) is 0 Å². The fraction of sp³-hybridized carbons (Fsp3) is 0.667. The zero-order chi connectivity index (χ0) is 15.1. The zero-order valence-electron chi connectivity index (χ0n) is 12.2. The van der Waals surface area contributed by atoms with Crippen LogP contribution in [0.1, 0.15) is 6.42 Å². The van der Waals surface area contributed by atoms with Crippen molar-refractivity contribution in [2.24, 2.45) is 0 Å². The minimum Gasteiger partial charge on any atom is -0.358 e. The molecule has 1 aromatic heterocycles. The maximum absolute atomic E-state index is 11.7. The van der Waals surface area contributed by atoms with Gasteiger partial charge in [0.25, 0.3) is 0 Å². The smallest absolute Gasteiger partial charge is 0.358 e. The molecule has 2 N–H and O–H groups in total. The predicted molar refractivity (Wildman–Crippen MR) is 83.1 cm³/mol. The molecule has 1 aliphatic heterocycles. The average molecular weight is 333 g/mol. The topological polar surface area (TPSA) is 105 Å². The van der Waals surface area contributed by atoms with Crippen molar-refractivity contribution in [1.82, 2.24) is 25.3 Å². The van der Waals surface area contributed by atoms with Crippen LogP contribution in [-0.4, -0.2) is 64.8 Å². The molecule has 0 saturated carbocycles. The van der Waals surface area contributed by atoms with Crippen molar-refractivity contribution < 1.29 is 9.72 Å². The van der Waals surface area contributed by atoms with Crippen molar-refractivity contribution in [1.29, 1.82) is 0 Å². The summed E-state index contributed by atoms with van der Waals surface area (Å²) in [5.74, 6) is -0.435. The van der Waals surface area contributed by atoms with E-state index in [0.717, 1.165) is 39.1 Å². The van der Waals surface area contributed by atoms with Gasteiger partial charge in [-0.1, -0.05) is 0 Å². The molecular formula is C12H21ClN6O3. The molecule has 1 aromatic rings. The largest absolute Gasteiger partial charge is 0.389 e. The van der Waals surface area contributed by atoms with Gasteiger partial charge >= 0.3 is 5.82 Å². The maximum atomic E-state index is 11.7. The standard InChI is InChI=1S/C12H20N6O3.ClH/c19-12(10-17-7-2-11(15-17)18(20)21)14-3-1-6-16-8-4-13-5-9-16;/h2,7,13H,1,3-6,8-10H2,(H,14,19);1H. The summed E-state index contributed by atoms with van der Waals surface area (Å²) in [6.45, 7) is 5.70. The van der Waals surface area contributed by atoms with Gasteiger partial charge in [0.15, 0.2) is 0 Å². The normalized spacial score (nSPS) is 15.1. The second kappa shape index (κ2) is 9.34. The SMILES string of the molecule is Cl.O=C(Cn1ccc([N+](=O)[O-])n1)NCCCN1CCNCC1. The maximum Gasteiger partial charge on any atom is 0.389 e. The Morgan fingerprint density at radius 1 is 1.45 bits per heavy atom. The lowest BCUT2D eigenvalue weighted by Gasteiger charge is -2.27. The number of amides is 1. The first kappa shape index (κ1) is 18.3. The van der Waals surface area contributed by atoms with Crippen molar-refractivity contribution in [2.45, 2.75) is 13.0 Å². The second-order valence-electron chi connectivity index (χ2n) is 4.92. The van der Waals surface area contributed by atoms with Gasteiger partial charge < -0.3 is 25.6 Å². The molecule has 9 nitrogen and oxygen atoms in total. The summed E-state index contributed by atoms with van der Waals surface area (Å²) < 4.78 is 1.27. The number of nitrogens with zero attached hydrogens (tertiary/aromatic N) is 4. The highest BCUT2D eigenvalue weighted by Crippen LogP contribution is 2.04. The number of carbonyl (C=O) groups is 1. The van der Waals surface area contributed by atoms with Crippen molar-refractivity contribution in [3.63, 3.8) is 0 Å². The van der Waals surface area contributed by atoms with Gasteiger partial charge in [0.05, 0.1) is 17.4 Å². The van der Waals surface area contributed by atoms with Crippen LogP contribution in [0.4, 0.5) is 5.82 Å². The van der Waals surface area contributed by atoms with Gasteiger partial charge in [-0.25, -0.2) is 0 Å². The molecule has 0 atom stereocenters. The summed E-state index contributed by atoms with van der Waals surface area (Å²) in [6, 6.07) is 1.28. The molecule has 0 aliphatic carbocycles. The third-order valence-corrected chi connectivity index (χ3v) is 3.30. The van der Waals surface area contributed by atoms with Crippen LogP contribution >= 0.6 is 12.4 Å². The van der Waals surface area contributed by atoms with Gasteiger partial charge in [0.2, 0.25) is 5.91 Å². The van der Waals surface area contributed by atoms with Crippen molar-refractivity contribution in [3.8, 4) is 0 Å². The Hall–Kier alpha value is -1.71. The summed E-state index contributed by atoms with van der Waals surface area (Å²) in [5, 5.41) is 20.3. The molecule has 2 rings (SSSR count). The Morgan fingerprint density at radius 2 is 2.18 bits per heavy atom. The fourth-order valence-electron chi connectivity index (χ4n) is 2.20. The Kier molecular flexibility index (Phi) is 7.78. The van der Waals surface area contributed by atoms with Gasteiger partial charge in [-0.3, -0.25) is 4.79 Å². The summed E-state index contributed by atoms with van der Waals surface area (Å²) in [7, 11) is 0. The van der Waals surface area contributed by atoms with E-state index >= 15 is 0 Å². The number of piperazine rings is 1. The summed E-state index contributed by atoms with van der Waals surface area (Å²) in [6.07, 6.45) is 2.32. The lowest BCUT2D eigenvalue weighted by molar-refractivity contribution is -0.389. The average Bonchev–Trinajstić information content (AvgIpc) is 2.93. The van der Waals surface area contributed by atoms with Gasteiger partial charge in [0.1, 0.15) is 6.54 Å². The fourth-order valence-corrected chi connectivity index (χ4v) is 2.20. The lowest BCUT2D eigenvalue weighted by atomic mass is 10.3. The van der Waals surface area contributed by atoms with Crippen LogP contribution in [0.3, 0.4) is 0 Å². The Bertz CT molecular complexity index is 489. The molecule has 10 heteroatoms. The summed E-state index contributed by atoms with van der Waals surface area (Å²) in [5.41, 5.74) is 0. The summed E-state index contributed by atoms with van der Waals surface area (Å²) in [4.78, 5) is 23.9. The van der Waals surface area contributed by atoms with Crippen LogP contribution in [-0.2, 0) is 11.3 Å². The molecule has 124 valence electrons. The van der Waals surface area contributed by atoms with Crippen LogP contribution < -0.4 is 10.6 Å². The van der Waals surface area contributed by atoms with E-state index in [1.165, 1.54) is 16.9 Å². The third kappa shape index (κ3) is 5.96. The van der Waals surface area contributed by atoms with Crippen LogP contribution in [0.15, 0.2) is 12.3 Å². The first-order valence-electron chi connectivity index (χ1n) is 7.03. The van der Waals surface area contributed by atoms with Crippen molar-refractivity contribution >= 4 is 24.1 Å². The van der Waals surface area contributed by atoms with E-state index in [-0.39, 0.29) is 30.7 Å². The number of carbonyl (C=O) groups excluding carboxylic acids is 1. The Balaban J connectivity index is 0.00000242. The minimum absolute atomic E-state index is 0. The molecular weight excluding hydrogens is 312 g/mol. The molecule has 1 fully saturated rings. The van der Waals surface area contributed by atoms with Crippen molar-refractivity contribution in [3.05, 3.63) is 22.4 Å². The number of rotatable bonds is 7. The van der Waals surface area contributed by atoms with Crippen molar-refractivity contribution in [2.75, 3.05) is 39.3 Å². The number of aromatic nitrogens is 2. The summed E-state index contributed by atoms with van der Waals surface area (Å²) >= 11 is 0. The molecule has 0 unspecified atom stereocenters. The number of nitro groups is 1. The van der Waals surface area contributed by atoms with E-state index in [0.29, 0.717) is 6.54 Å². The van der Waals surface area contributed by atoms with Crippen LogP contribution in [0.2, 0.25) is 0 Å². The van der Waals surface area contributed by atoms with E-state index in [1.807, 2.05) is 0 Å². The molecule has 22 heavy (non-hydrogen) atoms. The van der Waals surface area contributed by atoms with E-state index in [1.54, 1.807) is 0 Å². The van der Waals surface area contributed by atoms with E-state index in [9.17, 15) is 14.9 Å². The van der Waals surface area contributed by atoms with Gasteiger partial charge in [-0.15, -0.1) is 12.4 Å².